The van der Waals surface area contributed by atoms with Gasteiger partial charge in [0.1, 0.15) is 11.4 Å². The molecule has 0 bridgehead atoms. The zero-order valence-electron chi connectivity index (χ0n) is 10.9. The van der Waals surface area contributed by atoms with E-state index in [0.717, 1.165) is 28.5 Å². The maximum atomic E-state index is 11.6. The summed E-state index contributed by atoms with van der Waals surface area (Å²) in [5.74, 6) is -0.896. The molecular formula is C14H14N2O3. The standard InChI is InChI=1S/C14H14N2O3/c1-7-4-9(3)10(5-8(7)2)12-15-6-11(14(18)19)13(17)16-12/h4-6H,1-3H3,(H,18,19)(H,15,16,17). The van der Waals surface area contributed by atoms with Crippen molar-refractivity contribution in [2.75, 3.05) is 0 Å². The van der Waals surface area contributed by atoms with Crippen LogP contribution in [0.5, 0.6) is 0 Å². The van der Waals surface area contributed by atoms with E-state index < -0.39 is 11.5 Å². The van der Waals surface area contributed by atoms with Crippen LogP contribution in [0.25, 0.3) is 11.4 Å². The molecule has 19 heavy (non-hydrogen) atoms. The monoisotopic (exact) mass is 258 g/mol. The molecule has 5 nitrogen and oxygen atoms in total. The lowest BCUT2D eigenvalue weighted by Gasteiger charge is -2.09. The summed E-state index contributed by atoms with van der Waals surface area (Å²) in [6, 6.07) is 3.94. The van der Waals surface area contributed by atoms with Crippen LogP contribution < -0.4 is 5.56 Å². The molecule has 98 valence electrons. The van der Waals surface area contributed by atoms with Gasteiger partial charge in [0.05, 0.1) is 0 Å². The highest BCUT2D eigenvalue weighted by molar-refractivity contribution is 5.86. The summed E-state index contributed by atoms with van der Waals surface area (Å²) in [6.07, 6.45) is 1.09. The number of nitrogens with zero attached hydrogens (tertiary/aromatic N) is 1. The summed E-state index contributed by atoms with van der Waals surface area (Å²) in [5, 5.41) is 8.80. The van der Waals surface area contributed by atoms with Gasteiger partial charge in [0.15, 0.2) is 0 Å². The van der Waals surface area contributed by atoms with Crippen molar-refractivity contribution in [3.8, 4) is 11.4 Å². The van der Waals surface area contributed by atoms with Crippen molar-refractivity contribution in [1.29, 1.82) is 0 Å². The summed E-state index contributed by atoms with van der Waals surface area (Å²) in [6.45, 7) is 5.91. The third-order valence-corrected chi connectivity index (χ3v) is 3.13. The molecule has 0 spiro atoms. The molecule has 5 heteroatoms. The Morgan fingerprint density at radius 2 is 1.79 bits per heavy atom. The second kappa shape index (κ2) is 4.68. The Bertz CT molecular complexity index is 717. The van der Waals surface area contributed by atoms with Crippen LogP contribution in [-0.4, -0.2) is 21.0 Å². The van der Waals surface area contributed by atoms with Crippen LogP contribution in [0.2, 0.25) is 0 Å². The number of carboxylic acids is 1. The molecule has 1 heterocycles. The van der Waals surface area contributed by atoms with E-state index in [4.69, 9.17) is 5.11 Å². The van der Waals surface area contributed by atoms with Gasteiger partial charge < -0.3 is 10.1 Å². The van der Waals surface area contributed by atoms with Crippen LogP contribution in [-0.2, 0) is 0 Å². The minimum Gasteiger partial charge on any atom is -0.477 e. The van der Waals surface area contributed by atoms with Gasteiger partial charge in [-0.25, -0.2) is 9.78 Å². The molecule has 0 unspecified atom stereocenters. The highest BCUT2D eigenvalue weighted by Crippen LogP contribution is 2.22. The topological polar surface area (TPSA) is 83.0 Å². The van der Waals surface area contributed by atoms with Gasteiger partial charge in [0.2, 0.25) is 0 Å². The van der Waals surface area contributed by atoms with Crippen molar-refractivity contribution >= 4 is 5.97 Å². The Hall–Kier alpha value is -2.43. The highest BCUT2D eigenvalue weighted by Gasteiger charge is 2.12. The van der Waals surface area contributed by atoms with Gasteiger partial charge in [-0.15, -0.1) is 0 Å². The Balaban J connectivity index is 2.60. The average molecular weight is 258 g/mol. The molecule has 0 aliphatic rings. The van der Waals surface area contributed by atoms with Crippen molar-refractivity contribution in [2.24, 2.45) is 0 Å². The molecule has 0 fully saturated rings. The normalized spacial score (nSPS) is 10.5. The van der Waals surface area contributed by atoms with Crippen molar-refractivity contribution < 1.29 is 9.90 Å². The van der Waals surface area contributed by atoms with Crippen LogP contribution >= 0.6 is 0 Å². The second-order valence-electron chi connectivity index (χ2n) is 4.53. The summed E-state index contributed by atoms with van der Waals surface area (Å²) in [5.41, 5.74) is 3.03. The first-order chi connectivity index (χ1) is 8.90. The number of hydrogen-bond acceptors (Lipinski definition) is 3. The summed E-state index contributed by atoms with van der Waals surface area (Å²) in [4.78, 5) is 29.0. The number of hydrogen-bond donors (Lipinski definition) is 2. The lowest BCUT2D eigenvalue weighted by Crippen LogP contribution is -2.18. The molecule has 0 aliphatic heterocycles. The maximum absolute atomic E-state index is 11.6. The molecule has 2 aromatic rings. The van der Waals surface area contributed by atoms with Gasteiger partial charge in [0.25, 0.3) is 5.56 Å². The lowest BCUT2D eigenvalue weighted by atomic mass is 10.0. The van der Waals surface area contributed by atoms with Crippen molar-refractivity contribution in [1.82, 2.24) is 9.97 Å². The number of carbonyl (C=O) groups is 1. The van der Waals surface area contributed by atoms with E-state index in [1.807, 2.05) is 32.9 Å². The van der Waals surface area contributed by atoms with E-state index in [2.05, 4.69) is 9.97 Å². The molecule has 0 amide bonds. The van der Waals surface area contributed by atoms with E-state index in [0.29, 0.717) is 5.82 Å². The molecule has 0 radical (unpaired) electrons. The van der Waals surface area contributed by atoms with E-state index in [1.165, 1.54) is 0 Å². The van der Waals surface area contributed by atoms with E-state index in [-0.39, 0.29) is 5.56 Å². The number of aromatic nitrogens is 2. The summed E-state index contributed by atoms with van der Waals surface area (Å²) < 4.78 is 0. The van der Waals surface area contributed by atoms with Gasteiger partial charge in [-0.05, 0) is 43.5 Å². The molecule has 2 rings (SSSR count). The highest BCUT2D eigenvalue weighted by atomic mass is 16.4. The smallest absolute Gasteiger partial charge is 0.342 e. The van der Waals surface area contributed by atoms with E-state index >= 15 is 0 Å². The number of carboxylic acid groups (broad SMARTS) is 1. The molecule has 0 atom stereocenters. The maximum Gasteiger partial charge on any atom is 0.342 e. The molecule has 0 aliphatic carbocycles. The minimum absolute atomic E-state index is 0.356. The van der Waals surface area contributed by atoms with Crippen molar-refractivity contribution in [3.05, 3.63) is 50.9 Å². The van der Waals surface area contributed by atoms with E-state index in [1.54, 1.807) is 0 Å². The van der Waals surface area contributed by atoms with Gasteiger partial charge >= 0.3 is 5.97 Å². The summed E-state index contributed by atoms with van der Waals surface area (Å²) >= 11 is 0. The lowest BCUT2D eigenvalue weighted by molar-refractivity contribution is 0.0694. The van der Waals surface area contributed by atoms with Crippen LogP contribution in [0.3, 0.4) is 0 Å². The number of benzene rings is 1. The average Bonchev–Trinajstić information content (AvgIpc) is 2.33. The van der Waals surface area contributed by atoms with Gasteiger partial charge in [-0.1, -0.05) is 6.07 Å². The van der Waals surface area contributed by atoms with Crippen LogP contribution in [0.1, 0.15) is 27.0 Å². The van der Waals surface area contributed by atoms with Crippen molar-refractivity contribution in [3.63, 3.8) is 0 Å². The van der Waals surface area contributed by atoms with Gasteiger partial charge in [0, 0.05) is 11.8 Å². The molecule has 0 saturated carbocycles. The number of nitrogens with one attached hydrogen (secondary N) is 1. The first kappa shape index (κ1) is 13.0. The molecule has 1 aromatic carbocycles. The van der Waals surface area contributed by atoms with Crippen molar-refractivity contribution in [2.45, 2.75) is 20.8 Å². The minimum atomic E-state index is -1.28. The Kier molecular flexibility index (Phi) is 3.21. The third-order valence-electron chi connectivity index (χ3n) is 3.13. The molecule has 1 aromatic heterocycles. The Labute approximate surface area is 110 Å². The predicted molar refractivity (Wildman–Crippen MR) is 71.5 cm³/mol. The number of aryl methyl sites for hydroxylation is 3. The zero-order chi connectivity index (χ0) is 14.2. The zero-order valence-corrected chi connectivity index (χ0v) is 10.9. The number of aromatic carboxylic acids is 1. The van der Waals surface area contributed by atoms with E-state index in [9.17, 15) is 9.59 Å². The fourth-order valence-electron chi connectivity index (χ4n) is 1.90. The predicted octanol–water partition coefficient (Wildman–Crippen LogP) is 2.06. The van der Waals surface area contributed by atoms with Crippen LogP contribution in [0, 0.1) is 20.8 Å². The molecular weight excluding hydrogens is 244 g/mol. The first-order valence-electron chi connectivity index (χ1n) is 5.81. The van der Waals surface area contributed by atoms with Crippen LogP contribution in [0.4, 0.5) is 0 Å². The fraction of sp³-hybridized carbons (Fsp3) is 0.214. The largest absolute Gasteiger partial charge is 0.477 e. The first-order valence-corrected chi connectivity index (χ1v) is 5.81. The SMILES string of the molecule is Cc1cc(C)c(-c2ncc(C(=O)O)c(=O)[nH]2)cc1C. The third kappa shape index (κ3) is 2.40. The Morgan fingerprint density at radius 1 is 1.16 bits per heavy atom. The van der Waals surface area contributed by atoms with Gasteiger partial charge in [-0.3, -0.25) is 4.79 Å². The van der Waals surface area contributed by atoms with Gasteiger partial charge in [-0.2, -0.15) is 0 Å². The number of aromatic amines is 1. The quantitative estimate of drug-likeness (QED) is 0.863. The summed E-state index contributed by atoms with van der Waals surface area (Å²) in [7, 11) is 0. The molecule has 2 N–H and O–H groups in total. The number of H-pyrrole nitrogens is 1. The fourth-order valence-corrected chi connectivity index (χ4v) is 1.90. The van der Waals surface area contributed by atoms with Crippen LogP contribution in [0.15, 0.2) is 23.1 Å². The molecule has 0 saturated heterocycles. The number of rotatable bonds is 2. The second-order valence-corrected chi connectivity index (χ2v) is 4.53. The Morgan fingerprint density at radius 3 is 2.37 bits per heavy atom.